The van der Waals surface area contributed by atoms with Crippen molar-refractivity contribution in [3.05, 3.63) is 76.9 Å². The molecule has 1 N–H and O–H groups in total. The molecule has 202 valence electrons. The van der Waals surface area contributed by atoms with E-state index in [1.807, 2.05) is 48.5 Å². The molecule has 0 saturated heterocycles. The van der Waals surface area contributed by atoms with Crippen molar-refractivity contribution < 1.29 is 28.5 Å². The van der Waals surface area contributed by atoms with Crippen molar-refractivity contribution in [1.82, 2.24) is 10.2 Å². The number of amides is 1. The molecule has 0 saturated carbocycles. The fourth-order valence-electron chi connectivity index (χ4n) is 5.02. The Morgan fingerprint density at radius 3 is 2.18 bits per heavy atom. The van der Waals surface area contributed by atoms with Crippen LogP contribution in [0.5, 0.6) is 28.7 Å². The van der Waals surface area contributed by atoms with Gasteiger partial charge in [0.1, 0.15) is 5.75 Å². The number of para-hydroxylation sites is 1. The van der Waals surface area contributed by atoms with Crippen LogP contribution in [-0.4, -0.2) is 59.4 Å². The maximum Gasteiger partial charge on any atom is 0.234 e. The molecule has 1 aliphatic heterocycles. The van der Waals surface area contributed by atoms with Crippen molar-refractivity contribution in [3.8, 4) is 28.7 Å². The second kappa shape index (κ2) is 12.6. The number of methoxy groups -OCH3 is 5. The zero-order chi connectivity index (χ0) is 27.1. The van der Waals surface area contributed by atoms with E-state index in [4.69, 9.17) is 23.7 Å². The third-order valence-corrected chi connectivity index (χ3v) is 7.01. The average Bonchev–Trinajstić information content (AvgIpc) is 2.96. The lowest BCUT2D eigenvalue weighted by molar-refractivity contribution is -0.123. The number of carbonyl (C=O) groups is 1. The minimum absolute atomic E-state index is 0.0443. The number of benzene rings is 3. The standard InChI is InChI=1S/C30H36N2O6/c1-34-25-9-7-6-8-22(25)18-31-30(33)19-32-13-12-21-16-28(37-4)29(38-5)17-23(21)24(32)14-20-10-11-26(35-2)27(15-20)36-3/h6-11,15-17,24H,12-14,18-19H2,1-5H3,(H,31,33). The van der Waals surface area contributed by atoms with Crippen LogP contribution in [0.2, 0.25) is 0 Å². The van der Waals surface area contributed by atoms with Crippen LogP contribution in [0.1, 0.15) is 28.3 Å². The van der Waals surface area contributed by atoms with Gasteiger partial charge in [0.2, 0.25) is 5.91 Å². The maximum atomic E-state index is 13.1. The van der Waals surface area contributed by atoms with E-state index in [0.29, 0.717) is 36.0 Å². The molecular weight excluding hydrogens is 484 g/mol. The van der Waals surface area contributed by atoms with Gasteiger partial charge in [0, 0.05) is 24.7 Å². The predicted molar refractivity (Wildman–Crippen MR) is 146 cm³/mol. The molecule has 3 aromatic carbocycles. The Hall–Kier alpha value is -3.91. The quantitative estimate of drug-likeness (QED) is 0.406. The number of nitrogens with zero attached hydrogens (tertiary/aromatic N) is 1. The highest BCUT2D eigenvalue weighted by Crippen LogP contribution is 2.40. The average molecular weight is 521 g/mol. The molecule has 3 aromatic rings. The van der Waals surface area contributed by atoms with E-state index in [1.54, 1.807) is 35.5 Å². The van der Waals surface area contributed by atoms with Crippen molar-refractivity contribution >= 4 is 5.91 Å². The summed E-state index contributed by atoms with van der Waals surface area (Å²) >= 11 is 0. The Kier molecular flexibility index (Phi) is 8.97. The van der Waals surface area contributed by atoms with Crippen LogP contribution in [-0.2, 0) is 24.2 Å². The van der Waals surface area contributed by atoms with Crippen molar-refractivity contribution in [1.29, 1.82) is 0 Å². The maximum absolute atomic E-state index is 13.1. The Bertz CT molecular complexity index is 1260. The van der Waals surface area contributed by atoms with Crippen LogP contribution in [0.15, 0.2) is 54.6 Å². The summed E-state index contributed by atoms with van der Waals surface area (Å²) in [4.78, 5) is 15.4. The molecule has 1 unspecified atom stereocenters. The highest BCUT2D eigenvalue weighted by molar-refractivity contribution is 5.78. The van der Waals surface area contributed by atoms with E-state index >= 15 is 0 Å². The van der Waals surface area contributed by atoms with Gasteiger partial charge in [-0.05, 0) is 59.9 Å². The normalized spacial score (nSPS) is 14.8. The van der Waals surface area contributed by atoms with Gasteiger partial charge >= 0.3 is 0 Å². The first-order chi connectivity index (χ1) is 18.5. The van der Waals surface area contributed by atoms with E-state index in [1.165, 1.54) is 5.56 Å². The van der Waals surface area contributed by atoms with Gasteiger partial charge in [-0.15, -0.1) is 0 Å². The van der Waals surface area contributed by atoms with Crippen molar-refractivity contribution in [3.63, 3.8) is 0 Å². The van der Waals surface area contributed by atoms with E-state index in [-0.39, 0.29) is 18.5 Å². The topological polar surface area (TPSA) is 78.5 Å². The van der Waals surface area contributed by atoms with Crippen molar-refractivity contribution in [2.75, 3.05) is 48.6 Å². The first kappa shape index (κ1) is 27.1. The Balaban J connectivity index is 1.60. The number of hydrogen-bond donors (Lipinski definition) is 1. The van der Waals surface area contributed by atoms with Gasteiger partial charge in [-0.1, -0.05) is 24.3 Å². The lowest BCUT2D eigenvalue weighted by Gasteiger charge is -2.37. The van der Waals surface area contributed by atoms with Crippen LogP contribution >= 0.6 is 0 Å². The molecule has 0 aliphatic carbocycles. The second-order valence-electron chi connectivity index (χ2n) is 9.12. The number of carbonyl (C=O) groups excluding carboxylic acids is 1. The molecule has 1 amide bonds. The van der Waals surface area contributed by atoms with Crippen molar-refractivity contribution in [2.45, 2.75) is 25.4 Å². The SMILES string of the molecule is COc1ccccc1CNC(=O)CN1CCc2cc(OC)c(OC)cc2C1Cc1ccc(OC)c(OC)c1. The monoisotopic (exact) mass is 520 g/mol. The van der Waals surface area contributed by atoms with Gasteiger partial charge in [0.15, 0.2) is 23.0 Å². The van der Waals surface area contributed by atoms with Gasteiger partial charge < -0.3 is 29.0 Å². The summed E-state index contributed by atoms with van der Waals surface area (Å²) in [7, 11) is 8.17. The lowest BCUT2D eigenvalue weighted by atomic mass is 9.88. The molecule has 0 spiro atoms. The number of nitrogens with one attached hydrogen (secondary N) is 1. The fourth-order valence-corrected chi connectivity index (χ4v) is 5.02. The second-order valence-corrected chi connectivity index (χ2v) is 9.12. The molecule has 1 heterocycles. The molecule has 8 nitrogen and oxygen atoms in total. The smallest absolute Gasteiger partial charge is 0.234 e. The molecule has 0 aromatic heterocycles. The van der Waals surface area contributed by atoms with E-state index in [0.717, 1.165) is 35.4 Å². The molecule has 8 heteroatoms. The van der Waals surface area contributed by atoms with Gasteiger partial charge in [-0.2, -0.15) is 0 Å². The molecule has 0 radical (unpaired) electrons. The zero-order valence-electron chi connectivity index (χ0n) is 22.7. The summed E-state index contributed by atoms with van der Waals surface area (Å²) in [5, 5.41) is 3.06. The van der Waals surface area contributed by atoms with Gasteiger partial charge in [0.05, 0.1) is 42.1 Å². The summed E-state index contributed by atoms with van der Waals surface area (Å²) in [5.74, 6) is 3.45. The first-order valence-corrected chi connectivity index (χ1v) is 12.6. The largest absolute Gasteiger partial charge is 0.496 e. The van der Waals surface area contributed by atoms with Crippen molar-refractivity contribution in [2.24, 2.45) is 0 Å². The van der Waals surface area contributed by atoms with Crippen LogP contribution in [0.3, 0.4) is 0 Å². The molecule has 38 heavy (non-hydrogen) atoms. The number of ether oxygens (including phenoxy) is 5. The summed E-state index contributed by atoms with van der Waals surface area (Å²) in [6.45, 7) is 1.40. The van der Waals surface area contributed by atoms with E-state index in [9.17, 15) is 4.79 Å². The molecular formula is C30H36N2O6. The Morgan fingerprint density at radius 1 is 0.816 bits per heavy atom. The van der Waals surface area contributed by atoms with Crippen LogP contribution < -0.4 is 29.0 Å². The minimum atomic E-state index is -0.0475. The molecule has 4 rings (SSSR count). The molecule has 1 atom stereocenters. The van der Waals surface area contributed by atoms with Crippen LogP contribution in [0.25, 0.3) is 0 Å². The van der Waals surface area contributed by atoms with Gasteiger partial charge in [0.25, 0.3) is 0 Å². The Morgan fingerprint density at radius 2 is 1.47 bits per heavy atom. The predicted octanol–water partition coefficient (Wildman–Crippen LogP) is 4.19. The molecule has 1 aliphatic rings. The summed E-state index contributed by atoms with van der Waals surface area (Å²) < 4.78 is 27.6. The molecule has 0 fully saturated rings. The fraction of sp³-hybridized carbons (Fsp3) is 0.367. The number of fused-ring (bicyclic) bond motifs is 1. The molecule has 0 bridgehead atoms. The Labute approximate surface area is 224 Å². The third kappa shape index (κ3) is 5.97. The van der Waals surface area contributed by atoms with Gasteiger partial charge in [-0.25, -0.2) is 0 Å². The van der Waals surface area contributed by atoms with E-state index < -0.39 is 0 Å². The lowest BCUT2D eigenvalue weighted by Crippen LogP contribution is -2.43. The summed E-state index contributed by atoms with van der Waals surface area (Å²) in [5.41, 5.74) is 4.33. The summed E-state index contributed by atoms with van der Waals surface area (Å²) in [6, 6.07) is 17.7. The van der Waals surface area contributed by atoms with Crippen LogP contribution in [0, 0.1) is 0 Å². The number of rotatable bonds is 11. The number of hydrogen-bond acceptors (Lipinski definition) is 7. The van der Waals surface area contributed by atoms with Gasteiger partial charge in [-0.3, -0.25) is 9.69 Å². The third-order valence-electron chi connectivity index (χ3n) is 7.01. The van der Waals surface area contributed by atoms with Crippen LogP contribution in [0.4, 0.5) is 0 Å². The highest BCUT2D eigenvalue weighted by atomic mass is 16.5. The summed E-state index contributed by atoms with van der Waals surface area (Å²) in [6.07, 6.45) is 1.49. The highest BCUT2D eigenvalue weighted by Gasteiger charge is 2.31. The zero-order valence-corrected chi connectivity index (χ0v) is 22.7. The van der Waals surface area contributed by atoms with E-state index in [2.05, 4.69) is 16.3 Å². The first-order valence-electron chi connectivity index (χ1n) is 12.6. The minimum Gasteiger partial charge on any atom is -0.496 e.